The molecule has 1 atom stereocenters. The third kappa shape index (κ3) is 5.22. The highest BCUT2D eigenvalue weighted by molar-refractivity contribution is 7.92. The summed E-state index contributed by atoms with van der Waals surface area (Å²) in [4.78, 5) is 12.2. The Hall–Kier alpha value is -2.55. The van der Waals surface area contributed by atoms with E-state index in [9.17, 15) is 26.4 Å². The fourth-order valence-electron chi connectivity index (χ4n) is 2.48. The molecule has 9 heteroatoms. The molecule has 2 rings (SSSR count). The van der Waals surface area contributed by atoms with Crippen LogP contribution in [0, 0.1) is 6.92 Å². The van der Waals surface area contributed by atoms with Crippen molar-refractivity contribution in [1.29, 1.82) is 0 Å². The molecule has 0 unspecified atom stereocenters. The van der Waals surface area contributed by atoms with Crippen molar-refractivity contribution < 1.29 is 26.4 Å². The molecule has 0 heterocycles. The third-order valence-corrected chi connectivity index (χ3v) is 5.66. The van der Waals surface area contributed by atoms with Crippen molar-refractivity contribution in [3.63, 3.8) is 0 Å². The van der Waals surface area contributed by atoms with Gasteiger partial charge in [0.2, 0.25) is 5.91 Å². The molecule has 1 N–H and O–H groups in total. The van der Waals surface area contributed by atoms with Gasteiger partial charge in [-0.05, 0) is 43.7 Å². The monoisotopic (exact) mass is 400 g/mol. The number of sulfonamides is 1. The van der Waals surface area contributed by atoms with Crippen molar-refractivity contribution in [3.05, 3.63) is 60.2 Å². The molecule has 2 aromatic rings. The van der Waals surface area contributed by atoms with Gasteiger partial charge in [-0.1, -0.05) is 30.3 Å². The van der Waals surface area contributed by atoms with Gasteiger partial charge in [-0.3, -0.25) is 9.10 Å². The Morgan fingerprint density at radius 3 is 2.30 bits per heavy atom. The number of carbonyl (C=O) groups is 1. The van der Waals surface area contributed by atoms with Crippen LogP contribution in [-0.2, 0) is 14.8 Å². The highest BCUT2D eigenvalue weighted by atomic mass is 32.2. The van der Waals surface area contributed by atoms with Gasteiger partial charge in [-0.15, -0.1) is 0 Å². The number of halogens is 3. The summed E-state index contributed by atoms with van der Waals surface area (Å²) in [6.45, 7) is 1.45. The maximum Gasteiger partial charge on any atom is 0.405 e. The minimum atomic E-state index is -4.60. The van der Waals surface area contributed by atoms with Crippen LogP contribution < -0.4 is 9.62 Å². The van der Waals surface area contributed by atoms with Crippen molar-refractivity contribution in [2.24, 2.45) is 0 Å². The second-order valence-electron chi connectivity index (χ2n) is 5.96. The highest BCUT2D eigenvalue weighted by Crippen LogP contribution is 2.27. The number of hydrogen-bond acceptors (Lipinski definition) is 3. The zero-order valence-electron chi connectivity index (χ0n) is 14.7. The van der Waals surface area contributed by atoms with E-state index in [1.54, 1.807) is 36.5 Å². The predicted octanol–water partition coefficient (Wildman–Crippen LogP) is 3.26. The molecule has 0 spiro atoms. The number of hydrogen-bond donors (Lipinski definition) is 1. The lowest BCUT2D eigenvalue weighted by molar-refractivity contribution is -0.138. The normalized spacial score (nSPS) is 13.1. The first-order valence-electron chi connectivity index (χ1n) is 8.03. The first kappa shape index (κ1) is 20.8. The molecule has 0 bridgehead atoms. The van der Waals surface area contributed by atoms with E-state index in [0.717, 1.165) is 9.87 Å². The topological polar surface area (TPSA) is 66.5 Å². The van der Waals surface area contributed by atoms with Gasteiger partial charge in [0.1, 0.15) is 12.6 Å². The molecular formula is C18H19F3N2O3S. The van der Waals surface area contributed by atoms with Crippen LogP contribution in [0.2, 0.25) is 0 Å². The molecule has 5 nitrogen and oxygen atoms in total. The van der Waals surface area contributed by atoms with Crippen LogP contribution in [0.4, 0.5) is 18.9 Å². The summed E-state index contributed by atoms with van der Waals surface area (Å²) in [5, 5.41) is 1.74. The smallest absolute Gasteiger partial charge is 0.345 e. The molecular weight excluding hydrogens is 381 g/mol. The Bertz CT molecular complexity index is 900. The number of alkyl halides is 3. The number of anilines is 1. The number of carbonyl (C=O) groups excluding carboxylic acids is 1. The maximum absolute atomic E-state index is 13.1. The predicted molar refractivity (Wildman–Crippen MR) is 95.8 cm³/mol. The Morgan fingerprint density at radius 2 is 1.74 bits per heavy atom. The number of benzene rings is 2. The van der Waals surface area contributed by atoms with Crippen LogP contribution in [0.1, 0.15) is 12.5 Å². The first-order chi connectivity index (χ1) is 12.5. The second kappa shape index (κ2) is 7.99. The Kier molecular flexibility index (Phi) is 6.15. The molecule has 0 aromatic heterocycles. The Balaban J connectivity index is 2.46. The molecule has 0 aliphatic rings. The van der Waals surface area contributed by atoms with Crippen LogP contribution in [0.3, 0.4) is 0 Å². The van der Waals surface area contributed by atoms with Crippen LogP contribution >= 0.6 is 0 Å². The quantitative estimate of drug-likeness (QED) is 0.810. The summed E-state index contributed by atoms with van der Waals surface area (Å²) < 4.78 is 64.3. The van der Waals surface area contributed by atoms with Crippen LogP contribution in [0.5, 0.6) is 0 Å². The van der Waals surface area contributed by atoms with Crippen LogP contribution in [-0.4, -0.2) is 33.1 Å². The average molecular weight is 400 g/mol. The van der Waals surface area contributed by atoms with E-state index >= 15 is 0 Å². The number of amides is 1. The molecule has 2 aromatic carbocycles. The zero-order valence-corrected chi connectivity index (χ0v) is 15.5. The van der Waals surface area contributed by atoms with Gasteiger partial charge in [-0.25, -0.2) is 8.42 Å². The summed E-state index contributed by atoms with van der Waals surface area (Å²) >= 11 is 0. The van der Waals surface area contributed by atoms with E-state index in [1.165, 1.54) is 37.3 Å². The summed E-state index contributed by atoms with van der Waals surface area (Å²) in [6.07, 6.45) is -4.60. The Labute approximate surface area is 155 Å². The summed E-state index contributed by atoms with van der Waals surface area (Å²) in [5.74, 6) is -1.05. The molecule has 0 saturated heterocycles. The van der Waals surface area contributed by atoms with Gasteiger partial charge >= 0.3 is 6.18 Å². The molecule has 27 heavy (non-hydrogen) atoms. The SMILES string of the molecule is Cc1cccc(N([C@H](C)C(=O)NCC(F)(F)F)S(=O)(=O)c2ccccc2)c1. The Morgan fingerprint density at radius 1 is 1.11 bits per heavy atom. The molecule has 0 aliphatic carbocycles. The molecule has 0 saturated carbocycles. The molecule has 0 aliphatic heterocycles. The second-order valence-corrected chi connectivity index (χ2v) is 7.78. The van der Waals surface area contributed by atoms with Crippen molar-refractivity contribution in [2.45, 2.75) is 31.0 Å². The maximum atomic E-state index is 13.1. The van der Waals surface area contributed by atoms with Crippen molar-refractivity contribution in [2.75, 3.05) is 10.8 Å². The molecule has 0 radical (unpaired) electrons. The number of aryl methyl sites for hydroxylation is 1. The summed E-state index contributed by atoms with van der Waals surface area (Å²) in [6, 6.07) is 12.4. The minimum absolute atomic E-state index is 0.0676. The highest BCUT2D eigenvalue weighted by Gasteiger charge is 2.35. The standard InChI is InChI=1S/C18H19F3N2O3S/c1-13-7-6-8-15(11-13)23(14(2)17(24)22-12-18(19,20)21)27(25,26)16-9-4-3-5-10-16/h3-11,14H,12H2,1-2H3,(H,22,24)/t14-/m1/s1. The summed E-state index contributed by atoms with van der Waals surface area (Å²) in [7, 11) is -4.18. The van der Waals surface area contributed by atoms with Crippen LogP contribution in [0.15, 0.2) is 59.5 Å². The van der Waals surface area contributed by atoms with Gasteiger partial charge in [0.15, 0.2) is 0 Å². The van der Waals surface area contributed by atoms with Gasteiger partial charge in [-0.2, -0.15) is 13.2 Å². The minimum Gasteiger partial charge on any atom is -0.345 e. The van der Waals surface area contributed by atoms with Crippen molar-refractivity contribution in [1.82, 2.24) is 5.32 Å². The molecule has 146 valence electrons. The number of rotatable bonds is 6. The number of nitrogens with zero attached hydrogens (tertiary/aromatic N) is 1. The van der Waals surface area contributed by atoms with Gasteiger partial charge in [0, 0.05) is 0 Å². The van der Waals surface area contributed by atoms with E-state index in [1.807, 2.05) is 0 Å². The summed E-state index contributed by atoms with van der Waals surface area (Å²) in [5.41, 5.74) is 0.928. The third-order valence-electron chi connectivity index (χ3n) is 3.75. The average Bonchev–Trinajstić information content (AvgIpc) is 2.59. The van der Waals surface area contributed by atoms with E-state index < -0.39 is 34.7 Å². The fraction of sp³-hybridized carbons (Fsp3) is 0.278. The van der Waals surface area contributed by atoms with Crippen LogP contribution in [0.25, 0.3) is 0 Å². The number of nitrogens with one attached hydrogen (secondary N) is 1. The van der Waals surface area contributed by atoms with Gasteiger partial charge in [0.05, 0.1) is 10.6 Å². The fourth-order valence-corrected chi connectivity index (χ4v) is 4.11. The van der Waals surface area contributed by atoms with E-state index in [-0.39, 0.29) is 10.6 Å². The van der Waals surface area contributed by atoms with Crippen molar-refractivity contribution >= 4 is 21.6 Å². The lowest BCUT2D eigenvalue weighted by Gasteiger charge is -2.30. The lowest BCUT2D eigenvalue weighted by atomic mass is 10.2. The van der Waals surface area contributed by atoms with Gasteiger partial charge < -0.3 is 5.32 Å². The first-order valence-corrected chi connectivity index (χ1v) is 9.47. The van der Waals surface area contributed by atoms with E-state index in [4.69, 9.17) is 0 Å². The van der Waals surface area contributed by atoms with Crippen molar-refractivity contribution in [3.8, 4) is 0 Å². The largest absolute Gasteiger partial charge is 0.405 e. The molecule has 0 fully saturated rings. The zero-order chi connectivity index (χ0) is 20.2. The van der Waals surface area contributed by atoms with E-state index in [2.05, 4.69) is 0 Å². The molecule has 1 amide bonds. The van der Waals surface area contributed by atoms with Gasteiger partial charge in [0.25, 0.3) is 10.0 Å². The van der Waals surface area contributed by atoms with E-state index in [0.29, 0.717) is 0 Å². The lowest BCUT2D eigenvalue weighted by Crippen LogP contribution is -2.49.